The minimum atomic E-state index is -0.389. The number of carbonyl (C=O) groups excluding carboxylic acids is 1. The van der Waals surface area contributed by atoms with Gasteiger partial charge in [0.15, 0.2) is 0 Å². The molecule has 3 N–H and O–H groups in total. The highest BCUT2D eigenvalue weighted by atomic mass is 16.1. The topological polar surface area (TPSA) is 55.1 Å². The summed E-state index contributed by atoms with van der Waals surface area (Å²) in [6.07, 6.45) is 1.99. The van der Waals surface area contributed by atoms with E-state index in [1.807, 2.05) is 6.92 Å². The van der Waals surface area contributed by atoms with E-state index in [-0.39, 0.29) is 11.4 Å². The summed E-state index contributed by atoms with van der Waals surface area (Å²) in [4.78, 5) is 10.9. The van der Waals surface area contributed by atoms with Gasteiger partial charge in [0.1, 0.15) is 0 Å². The van der Waals surface area contributed by atoms with Gasteiger partial charge in [-0.1, -0.05) is 6.92 Å². The third-order valence-corrected chi connectivity index (χ3v) is 2.70. The molecule has 10 heavy (non-hydrogen) atoms. The normalized spacial score (nSPS) is 38.8. The SMILES string of the molecule is CNC1(C(N)=O)CCC1C. The molecule has 0 radical (unpaired) electrons. The maximum Gasteiger partial charge on any atom is 0.237 e. The number of hydrogen-bond acceptors (Lipinski definition) is 2. The number of nitrogens with two attached hydrogens (primary N) is 1. The molecule has 1 aliphatic rings. The molecule has 0 saturated heterocycles. The van der Waals surface area contributed by atoms with Crippen LogP contribution in [-0.4, -0.2) is 18.5 Å². The zero-order chi connectivity index (χ0) is 7.78. The van der Waals surface area contributed by atoms with E-state index in [4.69, 9.17) is 5.73 Å². The van der Waals surface area contributed by atoms with E-state index in [9.17, 15) is 4.79 Å². The second-order valence-electron chi connectivity index (χ2n) is 3.03. The van der Waals surface area contributed by atoms with Gasteiger partial charge >= 0.3 is 0 Å². The Kier molecular flexibility index (Phi) is 1.68. The number of carbonyl (C=O) groups is 1. The first kappa shape index (κ1) is 7.54. The smallest absolute Gasteiger partial charge is 0.237 e. The van der Waals surface area contributed by atoms with Gasteiger partial charge in [0.05, 0.1) is 5.54 Å². The summed E-state index contributed by atoms with van der Waals surface area (Å²) in [5, 5.41) is 2.99. The van der Waals surface area contributed by atoms with Crippen molar-refractivity contribution >= 4 is 5.91 Å². The van der Waals surface area contributed by atoms with Crippen LogP contribution in [0, 0.1) is 5.92 Å². The molecule has 1 aliphatic carbocycles. The third kappa shape index (κ3) is 0.736. The van der Waals surface area contributed by atoms with E-state index in [0.717, 1.165) is 12.8 Å². The van der Waals surface area contributed by atoms with E-state index in [0.29, 0.717) is 5.92 Å². The summed E-state index contributed by atoms with van der Waals surface area (Å²) in [5.74, 6) is 0.184. The highest BCUT2D eigenvalue weighted by molar-refractivity contribution is 5.86. The van der Waals surface area contributed by atoms with Gasteiger partial charge in [-0.2, -0.15) is 0 Å². The van der Waals surface area contributed by atoms with Crippen LogP contribution in [0.1, 0.15) is 19.8 Å². The van der Waals surface area contributed by atoms with Gasteiger partial charge < -0.3 is 11.1 Å². The fourth-order valence-electron chi connectivity index (χ4n) is 1.58. The number of rotatable bonds is 2. The summed E-state index contributed by atoms with van der Waals surface area (Å²) in [5.41, 5.74) is 4.84. The molecule has 0 aromatic rings. The van der Waals surface area contributed by atoms with Crippen molar-refractivity contribution < 1.29 is 4.79 Å². The summed E-state index contributed by atoms with van der Waals surface area (Å²) in [6.45, 7) is 2.05. The molecule has 0 heterocycles. The maximum atomic E-state index is 10.9. The van der Waals surface area contributed by atoms with Gasteiger partial charge in [-0.3, -0.25) is 4.79 Å². The Hall–Kier alpha value is -0.570. The second kappa shape index (κ2) is 2.23. The highest BCUT2D eigenvalue weighted by Crippen LogP contribution is 2.37. The first-order chi connectivity index (χ1) is 4.63. The van der Waals surface area contributed by atoms with Crippen LogP contribution in [0.5, 0.6) is 0 Å². The number of amides is 1. The molecule has 2 atom stereocenters. The lowest BCUT2D eigenvalue weighted by Crippen LogP contribution is -2.63. The Bertz CT molecular complexity index is 154. The van der Waals surface area contributed by atoms with Crippen molar-refractivity contribution in [3.8, 4) is 0 Å². The maximum absolute atomic E-state index is 10.9. The Balaban J connectivity index is 2.69. The average molecular weight is 142 g/mol. The van der Waals surface area contributed by atoms with Crippen molar-refractivity contribution in [2.45, 2.75) is 25.3 Å². The molecule has 3 nitrogen and oxygen atoms in total. The summed E-state index contributed by atoms with van der Waals surface area (Å²) in [7, 11) is 1.79. The number of likely N-dealkylation sites (N-methyl/N-ethyl adjacent to an activating group) is 1. The van der Waals surface area contributed by atoms with Gasteiger partial charge in [-0.05, 0) is 25.8 Å². The van der Waals surface area contributed by atoms with Gasteiger partial charge in [0, 0.05) is 0 Å². The molecule has 1 amide bonds. The molecular formula is C7H14N2O. The molecular weight excluding hydrogens is 128 g/mol. The molecule has 1 saturated carbocycles. The monoisotopic (exact) mass is 142 g/mol. The van der Waals surface area contributed by atoms with Crippen LogP contribution >= 0.6 is 0 Å². The molecule has 58 valence electrons. The van der Waals surface area contributed by atoms with Crippen LogP contribution in [0.25, 0.3) is 0 Å². The standard InChI is InChI=1S/C7H14N2O/c1-5-3-4-7(5,9-2)6(8)10/h5,9H,3-4H2,1-2H3,(H2,8,10). The summed E-state index contributed by atoms with van der Waals surface area (Å²) < 4.78 is 0. The minimum absolute atomic E-state index is 0.214. The molecule has 0 bridgehead atoms. The van der Waals surface area contributed by atoms with E-state index in [2.05, 4.69) is 5.32 Å². The quantitative estimate of drug-likeness (QED) is 0.564. The van der Waals surface area contributed by atoms with E-state index < -0.39 is 0 Å². The van der Waals surface area contributed by atoms with E-state index in [1.165, 1.54) is 0 Å². The van der Waals surface area contributed by atoms with Gasteiger partial charge in [0.2, 0.25) is 5.91 Å². The Morgan fingerprint density at radius 2 is 2.40 bits per heavy atom. The fourth-order valence-corrected chi connectivity index (χ4v) is 1.58. The molecule has 0 spiro atoms. The van der Waals surface area contributed by atoms with Crippen molar-refractivity contribution in [3.05, 3.63) is 0 Å². The van der Waals surface area contributed by atoms with Gasteiger partial charge in [-0.15, -0.1) is 0 Å². The van der Waals surface area contributed by atoms with E-state index >= 15 is 0 Å². The van der Waals surface area contributed by atoms with E-state index in [1.54, 1.807) is 7.05 Å². The lowest BCUT2D eigenvalue weighted by Gasteiger charge is -2.45. The summed E-state index contributed by atoms with van der Waals surface area (Å²) in [6, 6.07) is 0. The third-order valence-electron chi connectivity index (χ3n) is 2.70. The van der Waals surface area contributed by atoms with Crippen LogP contribution in [0.2, 0.25) is 0 Å². The zero-order valence-corrected chi connectivity index (χ0v) is 6.48. The fraction of sp³-hybridized carbons (Fsp3) is 0.857. The van der Waals surface area contributed by atoms with Crippen LogP contribution in [0.4, 0.5) is 0 Å². The first-order valence-electron chi connectivity index (χ1n) is 3.62. The lowest BCUT2D eigenvalue weighted by atomic mass is 9.67. The van der Waals surface area contributed by atoms with Crippen LogP contribution < -0.4 is 11.1 Å². The second-order valence-corrected chi connectivity index (χ2v) is 3.03. The Morgan fingerprint density at radius 1 is 1.80 bits per heavy atom. The Morgan fingerprint density at radius 3 is 2.40 bits per heavy atom. The first-order valence-corrected chi connectivity index (χ1v) is 3.62. The van der Waals surface area contributed by atoms with Crippen LogP contribution in [0.15, 0.2) is 0 Å². The number of primary amides is 1. The zero-order valence-electron chi connectivity index (χ0n) is 6.48. The molecule has 0 aromatic heterocycles. The predicted octanol–water partition coefficient (Wildman–Crippen LogP) is -0.140. The van der Waals surface area contributed by atoms with Crippen molar-refractivity contribution in [2.75, 3.05) is 7.05 Å². The molecule has 0 aliphatic heterocycles. The van der Waals surface area contributed by atoms with Crippen molar-refractivity contribution in [1.82, 2.24) is 5.32 Å². The van der Waals surface area contributed by atoms with Gasteiger partial charge in [-0.25, -0.2) is 0 Å². The minimum Gasteiger partial charge on any atom is -0.368 e. The number of hydrogen-bond donors (Lipinski definition) is 2. The van der Waals surface area contributed by atoms with Crippen molar-refractivity contribution in [1.29, 1.82) is 0 Å². The molecule has 1 fully saturated rings. The highest BCUT2D eigenvalue weighted by Gasteiger charge is 2.47. The predicted molar refractivity (Wildman–Crippen MR) is 39.4 cm³/mol. The molecule has 3 heteroatoms. The molecule has 2 unspecified atom stereocenters. The lowest BCUT2D eigenvalue weighted by molar-refractivity contribution is -0.130. The van der Waals surface area contributed by atoms with Crippen LogP contribution in [-0.2, 0) is 4.79 Å². The largest absolute Gasteiger partial charge is 0.368 e. The summed E-state index contributed by atoms with van der Waals surface area (Å²) >= 11 is 0. The average Bonchev–Trinajstić information content (AvgIpc) is 1.86. The molecule has 0 aromatic carbocycles. The van der Waals surface area contributed by atoms with Crippen LogP contribution in [0.3, 0.4) is 0 Å². The van der Waals surface area contributed by atoms with Crippen molar-refractivity contribution in [3.63, 3.8) is 0 Å². The number of nitrogens with one attached hydrogen (secondary N) is 1. The van der Waals surface area contributed by atoms with Gasteiger partial charge in [0.25, 0.3) is 0 Å². The molecule has 1 rings (SSSR count). The Labute approximate surface area is 61.0 Å². The van der Waals surface area contributed by atoms with Crippen molar-refractivity contribution in [2.24, 2.45) is 11.7 Å².